The first-order valence-electron chi connectivity index (χ1n) is 9.50. The highest BCUT2D eigenvalue weighted by atomic mass is 35.5. The maximum absolute atomic E-state index is 13.2. The van der Waals surface area contributed by atoms with Gasteiger partial charge in [-0.2, -0.15) is 4.31 Å². The summed E-state index contributed by atoms with van der Waals surface area (Å²) < 4.78 is 27.7. The van der Waals surface area contributed by atoms with Crippen molar-refractivity contribution in [1.29, 1.82) is 0 Å². The summed E-state index contributed by atoms with van der Waals surface area (Å²) in [4.78, 5) is 12.8. The molecule has 0 aliphatic carbocycles. The van der Waals surface area contributed by atoms with E-state index >= 15 is 0 Å². The summed E-state index contributed by atoms with van der Waals surface area (Å²) in [6.45, 7) is 1.65. The molecule has 0 unspecified atom stereocenters. The van der Waals surface area contributed by atoms with E-state index in [1.165, 1.54) is 28.6 Å². The lowest BCUT2D eigenvalue weighted by molar-refractivity contribution is -0.122. The van der Waals surface area contributed by atoms with E-state index in [1.54, 1.807) is 0 Å². The van der Waals surface area contributed by atoms with Gasteiger partial charge in [0.2, 0.25) is 15.9 Å². The Balaban J connectivity index is 1.82. The summed E-state index contributed by atoms with van der Waals surface area (Å²) in [6, 6.07) is 24.4. The van der Waals surface area contributed by atoms with E-state index < -0.39 is 10.0 Å². The fourth-order valence-corrected chi connectivity index (χ4v) is 4.55. The molecule has 0 fully saturated rings. The molecule has 3 rings (SSSR count). The Hall–Kier alpha value is -2.67. The molecule has 0 spiro atoms. The van der Waals surface area contributed by atoms with Gasteiger partial charge in [0, 0.05) is 11.6 Å². The van der Waals surface area contributed by atoms with Crippen molar-refractivity contribution in [3.63, 3.8) is 0 Å². The number of carbonyl (C=O) groups excluding carboxylic acids is 1. The molecule has 1 amide bonds. The molecule has 30 heavy (non-hydrogen) atoms. The second-order valence-electron chi connectivity index (χ2n) is 6.91. The van der Waals surface area contributed by atoms with Crippen molar-refractivity contribution in [1.82, 2.24) is 9.62 Å². The first-order chi connectivity index (χ1) is 14.4. The summed E-state index contributed by atoms with van der Waals surface area (Å²) in [5, 5.41) is 3.32. The Bertz CT molecular complexity index is 1070. The van der Waals surface area contributed by atoms with Crippen LogP contribution in [0, 0.1) is 0 Å². The third kappa shape index (κ3) is 5.69. The normalized spacial score (nSPS) is 12.5. The Labute approximate surface area is 182 Å². The molecule has 156 valence electrons. The highest BCUT2D eigenvalue weighted by Crippen LogP contribution is 2.21. The molecule has 0 heterocycles. The molecule has 0 saturated heterocycles. The molecule has 0 bridgehead atoms. The van der Waals surface area contributed by atoms with Gasteiger partial charge in [0.15, 0.2) is 0 Å². The first kappa shape index (κ1) is 22.0. The molecule has 1 atom stereocenters. The van der Waals surface area contributed by atoms with E-state index in [1.807, 2.05) is 67.6 Å². The quantitative estimate of drug-likeness (QED) is 0.562. The number of hydrogen-bond donors (Lipinski definition) is 1. The van der Waals surface area contributed by atoms with Crippen LogP contribution >= 0.6 is 11.6 Å². The number of hydrogen-bond acceptors (Lipinski definition) is 3. The van der Waals surface area contributed by atoms with Crippen LogP contribution in [0.15, 0.2) is 89.8 Å². The van der Waals surface area contributed by atoms with Gasteiger partial charge in [-0.1, -0.05) is 72.3 Å². The summed E-state index contributed by atoms with van der Waals surface area (Å²) in [6.07, 6.45) is 0. The largest absolute Gasteiger partial charge is 0.348 e. The van der Waals surface area contributed by atoms with Crippen LogP contribution in [-0.4, -0.2) is 25.2 Å². The molecular weight excluding hydrogens is 420 g/mol. The van der Waals surface area contributed by atoms with Gasteiger partial charge in [-0.25, -0.2) is 8.42 Å². The average molecular weight is 443 g/mol. The zero-order chi connectivity index (χ0) is 21.6. The van der Waals surface area contributed by atoms with Crippen LogP contribution in [0.1, 0.15) is 24.1 Å². The minimum atomic E-state index is -3.90. The minimum absolute atomic E-state index is 0.0823. The van der Waals surface area contributed by atoms with Gasteiger partial charge in [0.1, 0.15) is 0 Å². The minimum Gasteiger partial charge on any atom is -0.348 e. The zero-order valence-corrected chi connectivity index (χ0v) is 18.1. The molecule has 3 aromatic rings. The van der Waals surface area contributed by atoms with Crippen LogP contribution in [-0.2, 0) is 21.4 Å². The van der Waals surface area contributed by atoms with Gasteiger partial charge in [-0.3, -0.25) is 4.79 Å². The van der Waals surface area contributed by atoms with Crippen molar-refractivity contribution in [3.8, 4) is 0 Å². The predicted molar refractivity (Wildman–Crippen MR) is 118 cm³/mol. The smallest absolute Gasteiger partial charge is 0.243 e. The summed E-state index contributed by atoms with van der Waals surface area (Å²) >= 11 is 5.90. The lowest BCUT2D eigenvalue weighted by Crippen LogP contribution is -2.41. The van der Waals surface area contributed by atoms with Crippen LogP contribution in [0.5, 0.6) is 0 Å². The number of halogens is 1. The van der Waals surface area contributed by atoms with E-state index in [2.05, 4.69) is 5.32 Å². The van der Waals surface area contributed by atoms with Gasteiger partial charge in [0.05, 0.1) is 17.5 Å². The maximum Gasteiger partial charge on any atom is 0.243 e. The number of sulfonamides is 1. The fraction of sp³-hybridized carbons (Fsp3) is 0.174. The van der Waals surface area contributed by atoms with Gasteiger partial charge >= 0.3 is 0 Å². The zero-order valence-electron chi connectivity index (χ0n) is 16.5. The topological polar surface area (TPSA) is 66.5 Å². The van der Waals surface area contributed by atoms with Gasteiger partial charge in [-0.15, -0.1) is 0 Å². The van der Waals surface area contributed by atoms with E-state index in [4.69, 9.17) is 11.6 Å². The van der Waals surface area contributed by atoms with Crippen molar-refractivity contribution >= 4 is 27.5 Å². The molecule has 0 aliphatic heterocycles. The van der Waals surface area contributed by atoms with Crippen molar-refractivity contribution in [2.75, 3.05) is 6.54 Å². The second-order valence-corrected chi connectivity index (χ2v) is 9.29. The summed E-state index contributed by atoms with van der Waals surface area (Å²) in [5.41, 5.74) is 1.74. The number of amides is 1. The Morgan fingerprint density at radius 3 is 2.10 bits per heavy atom. The van der Waals surface area contributed by atoms with Crippen molar-refractivity contribution in [2.24, 2.45) is 0 Å². The highest BCUT2D eigenvalue weighted by molar-refractivity contribution is 7.89. The third-order valence-corrected chi connectivity index (χ3v) is 6.71. The lowest BCUT2D eigenvalue weighted by atomic mass is 10.1. The van der Waals surface area contributed by atoms with Gasteiger partial charge in [0.25, 0.3) is 0 Å². The maximum atomic E-state index is 13.2. The van der Waals surface area contributed by atoms with Gasteiger partial charge in [-0.05, 0) is 42.3 Å². The van der Waals surface area contributed by atoms with E-state index in [-0.39, 0.29) is 29.9 Å². The van der Waals surface area contributed by atoms with Crippen LogP contribution in [0.2, 0.25) is 5.02 Å². The van der Waals surface area contributed by atoms with Crippen molar-refractivity contribution in [2.45, 2.75) is 24.4 Å². The molecular formula is C23H23ClN2O3S. The molecule has 1 N–H and O–H groups in total. The van der Waals surface area contributed by atoms with E-state index in [0.29, 0.717) is 5.02 Å². The highest BCUT2D eigenvalue weighted by Gasteiger charge is 2.27. The van der Waals surface area contributed by atoms with Crippen molar-refractivity contribution < 1.29 is 13.2 Å². The van der Waals surface area contributed by atoms with E-state index in [9.17, 15) is 13.2 Å². The molecule has 5 nitrogen and oxygen atoms in total. The number of benzene rings is 3. The van der Waals surface area contributed by atoms with E-state index in [0.717, 1.165) is 11.1 Å². The van der Waals surface area contributed by atoms with Crippen LogP contribution < -0.4 is 5.32 Å². The monoisotopic (exact) mass is 442 g/mol. The predicted octanol–water partition coefficient (Wildman–Crippen LogP) is 4.41. The second kappa shape index (κ2) is 9.89. The van der Waals surface area contributed by atoms with Crippen LogP contribution in [0.3, 0.4) is 0 Å². The SMILES string of the molecule is C[C@@H](NC(=O)CN(Cc1ccccc1)S(=O)(=O)c1ccc(Cl)cc1)c1ccccc1. The number of nitrogens with zero attached hydrogens (tertiary/aromatic N) is 1. The first-order valence-corrected chi connectivity index (χ1v) is 11.3. The Morgan fingerprint density at radius 2 is 1.50 bits per heavy atom. The molecule has 3 aromatic carbocycles. The molecule has 0 saturated carbocycles. The Morgan fingerprint density at radius 1 is 0.933 bits per heavy atom. The lowest BCUT2D eigenvalue weighted by Gasteiger charge is -2.23. The molecule has 0 radical (unpaired) electrons. The number of nitrogens with one attached hydrogen (secondary N) is 1. The van der Waals surface area contributed by atoms with Crippen LogP contribution in [0.25, 0.3) is 0 Å². The average Bonchev–Trinajstić information content (AvgIpc) is 2.75. The fourth-order valence-electron chi connectivity index (χ4n) is 3.04. The van der Waals surface area contributed by atoms with Gasteiger partial charge < -0.3 is 5.32 Å². The summed E-state index contributed by atoms with van der Waals surface area (Å²) in [7, 11) is -3.90. The number of carbonyl (C=O) groups is 1. The molecule has 0 aliphatic rings. The van der Waals surface area contributed by atoms with Crippen molar-refractivity contribution in [3.05, 3.63) is 101 Å². The molecule has 0 aromatic heterocycles. The summed E-state index contributed by atoms with van der Waals surface area (Å²) in [5.74, 6) is -0.375. The standard InChI is InChI=1S/C23H23ClN2O3S/c1-18(20-10-6-3-7-11-20)25-23(27)17-26(16-19-8-4-2-5-9-19)30(28,29)22-14-12-21(24)13-15-22/h2-15,18H,16-17H2,1H3,(H,25,27)/t18-/m1/s1. The number of rotatable bonds is 8. The van der Waals surface area contributed by atoms with Crippen LogP contribution in [0.4, 0.5) is 0 Å². The Kier molecular flexibility index (Phi) is 7.26. The third-order valence-electron chi connectivity index (χ3n) is 4.65. The molecule has 7 heteroatoms.